The Morgan fingerprint density at radius 3 is 2.67 bits per heavy atom. The van der Waals surface area contributed by atoms with Crippen LogP contribution in [-0.4, -0.2) is 15.8 Å². The molecule has 0 radical (unpaired) electrons. The van der Waals surface area contributed by atoms with Crippen LogP contribution in [0.2, 0.25) is 0 Å². The smallest absolute Gasteiger partial charge is 0.305 e. The van der Waals surface area contributed by atoms with Gasteiger partial charge in [-0.25, -0.2) is 4.98 Å². The van der Waals surface area contributed by atoms with Crippen molar-refractivity contribution in [3.63, 3.8) is 0 Å². The highest BCUT2D eigenvalue weighted by molar-refractivity contribution is 9.13. The third-order valence-electron chi connectivity index (χ3n) is 1.43. The average molecular weight is 339 g/mol. The van der Waals surface area contributed by atoms with E-state index in [-0.39, 0.29) is 16.0 Å². The van der Waals surface area contributed by atoms with Gasteiger partial charge in [-0.2, -0.15) is 0 Å². The highest BCUT2D eigenvalue weighted by atomic mass is 79.9. The summed E-state index contributed by atoms with van der Waals surface area (Å²) < 4.78 is 0.689. The van der Waals surface area contributed by atoms with Crippen molar-refractivity contribution in [2.45, 2.75) is 6.92 Å². The fourth-order valence-corrected chi connectivity index (χ4v) is 1.61. The van der Waals surface area contributed by atoms with E-state index in [0.717, 1.165) is 0 Å². The molecule has 8 heteroatoms. The SMILES string of the molecule is CC(=O)Nc1ncc(Br)c(Br)c1[N+](=O)[O-]. The first-order valence-corrected chi connectivity index (χ1v) is 5.28. The number of nitro groups is 1. The Kier molecular flexibility index (Phi) is 3.75. The van der Waals surface area contributed by atoms with Gasteiger partial charge in [0.15, 0.2) is 0 Å². The van der Waals surface area contributed by atoms with Crippen LogP contribution in [0.4, 0.5) is 11.5 Å². The maximum absolute atomic E-state index is 10.8. The second kappa shape index (κ2) is 4.67. The molecule has 6 nitrogen and oxygen atoms in total. The highest BCUT2D eigenvalue weighted by Gasteiger charge is 2.22. The summed E-state index contributed by atoms with van der Waals surface area (Å²) in [6.45, 7) is 1.25. The number of amides is 1. The van der Waals surface area contributed by atoms with Crippen molar-refractivity contribution in [2.24, 2.45) is 0 Å². The van der Waals surface area contributed by atoms with Crippen LogP contribution in [0.1, 0.15) is 6.92 Å². The van der Waals surface area contributed by atoms with Gasteiger partial charge >= 0.3 is 5.69 Å². The Bertz CT molecular complexity index is 436. The minimum absolute atomic E-state index is 0.0809. The summed E-state index contributed by atoms with van der Waals surface area (Å²) in [4.78, 5) is 24.7. The molecule has 0 aliphatic carbocycles. The largest absolute Gasteiger partial charge is 0.327 e. The van der Waals surface area contributed by atoms with Crippen LogP contribution in [-0.2, 0) is 4.79 Å². The molecular weight excluding hydrogens is 334 g/mol. The Morgan fingerprint density at radius 1 is 1.60 bits per heavy atom. The van der Waals surface area contributed by atoms with E-state index in [2.05, 4.69) is 42.2 Å². The lowest BCUT2D eigenvalue weighted by atomic mass is 10.4. The van der Waals surface area contributed by atoms with E-state index in [9.17, 15) is 14.9 Å². The van der Waals surface area contributed by atoms with Gasteiger partial charge < -0.3 is 5.32 Å². The lowest BCUT2D eigenvalue weighted by Crippen LogP contribution is -2.10. The summed E-state index contributed by atoms with van der Waals surface area (Å²) >= 11 is 6.13. The fraction of sp³-hybridized carbons (Fsp3) is 0.143. The molecule has 0 saturated heterocycles. The van der Waals surface area contributed by atoms with E-state index < -0.39 is 10.8 Å². The second-order valence-corrected chi connectivity index (χ2v) is 4.20. The molecule has 0 aliphatic rings. The molecule has 1 aromatic rings. The quantitative estimate of drug-likeness (QED) is 0.663. The lowest BCUT2D eigenvalue weighted by Gasteiger charge is -2.04. The zero-order chi connectivity index (χ0) is 11.6. The normalized spacial score (nSPS) is 9.80. The van der Waals surface area contributed by atoms with Crippen molar-refractivity contribution in [3.05, 3.63) is 25.3 Å². The number of rotatable bonds is 2. The van der Waals surface area contributed by atoms with Crippen LogP contribution >= 0.6 is 31.9 Å². The third kappa shape index (κ3) is 2.72. The average Bonchev–Trinajstić information content (AvgIpc) is 2.10. The number of nitrogens with one attached hydrogen (secondary N) is 1. The third-order valence-corrected chi connectivity index (χ3v) is 3.36. The fourth-order valence-electron chi connectivity index (χ4n) is 0.881. The first-order valence-electron chi connectivity index (χ1n) is 3.69. The van der Waals surface area contributed by atoms with Crippen LogP contribution in [0.25, 0.3) is 0 Å². The summed E-state index contributed by atoms with van der Waals surface area (Å²) in [6, 6.07) is 0. The number of nitrogens with zero attached hydrogens (tertiary/aromatic N) is 2. The molecule has 1 amide bonds. The number of anilines is 1. The van der Waals surface area contributed by atoms with Gasteiger partial charge in [0.1, 0.15) is 4.47 Å². The van der Waals surface area contributed by atoms with Gasteiger partial charge in [-0.3, -0.25) is 14.9 Å². The van der Waals surface area contributed by atoms with Crippen molar-refractivity contribution in [1.82, 2.24) is 4.98 Å². The van der Waals surface area contributed by atoms with Gasteiger partial charge in [0.25, 0.3) is 0 Å². The summed E-state index contributed by atoms with van der Waals surface area (Å²) in [5.41, 5.74) is -0.278. The van der Waals surface area contributed by atoms with Gasteiger partial charge in [0.2, 0.25) is 11.7 Å². The number of pyridine rings is 1. The number of halogens is 2. The number of hydrogen-bond donors (Lipinski definition) is 1. The van der Waals surface area contributed by atoms with Crippen LogP contribution in [0.5, 0.6) is 0 Å². The maximum Gasteiger partial charge on any atom is 0.327 e. The van der Waals surface area contributed by atoms with Crippen LogP contribution < -0.4 is 5.32 Å². The van der Waals surface area contributed by atoms with Crippen molar-refractivity contribution in [2.75, 3.05) is 5.32 Å². The zero-order valence-electron chi connectivity index (χ0n) is 7.45. The van der Waals surface area contributed by atoms with Crippen molar-refractivity contribution >= 4 is 49.3 Å². The monoisotopic (exact) mass is 337 g/mol. The Balaban J connectivity index is 3.33. The summed E-state index contributed by atoms with van der Waals surface area (Å²) in [5.74, 6) is -0.498. The summed E-state index contributed by atoms with van der Waals surface area (Å²) in [5, 5.41) is 13.0. The predicted octanol–water partition coefficient (Wildman–Crippen LogP) is 2.47. The molecule has 0 fully saturated rings. The van der Waals surface area contributed by atoms with Crippen molar-refractivity contribution in [3.8, 4) is 0 Å². The first-order chi connectivity index (χ1) is 6.93. The molecule has 1 rings (SSSR count). The summed E-state index contributed by atoms with van der Waals surface area (Å²) in [7, 11) is 0. The lowest BCUT2D eigenvalue weighted by molar-refractivity contribution is -0.385. The molecule has 0 atom stereocenters. The Labute approximate surface area is 101 Å². The molecular formula is C7H5Br2N3O3. The van der Waals surface area contributed by atoms with Crippen molar-refractivity contribution < 1.29 is 9.72 Å². The minimum atomic E-state index is -0.618. The van der Waals surface area contributed by atoms with Crippen LogP contribution in [0.15, 0.2) is 15.1 Å². The molecule has 0 saturated carbocycles. The number of aromatic nitrogens is 1. The molecule has 15 heavy (non-hydrogen) atoms. The van der Waals surface area contributed by atoms with Gasteiger partial charge in [-0.05, 0) is 31.9 Å². The van der Waals surface area contributed by atoms with Crippen LogP contribution in [0.3, 0.4) is 0 Å². The molecule has 0 bridgehead atoms. The van der Waals surface area contributed by atoms with E-state index >= 15 is 0 Å². The first kappa shape index (κ1) is 12.1. The number of carbonyl (C=O) groups excluding carboxylic acids is 1. The molecule has 1 aromatic heterocycles. The van der Waals surface area contributed by atoms with E-state index in [1.165, 1.54) is 13.1 Å². The van der Waals surface area contributed by atoms with Crippen molar-refractivity contribution in [1.29, 1.82) is 0 Å². The van der Waals surface area contributed by atoms with Crippen LogP contribution in [0, 0.1) is 10.1 Å². The topological polar surface area (TPSA) is 85.1 Å². The molecule has 0 unspecified atom stereocenters. The minimum Gasteiger partial charge on any atom is -0.305 e. The standard InChI is InChI=1S/C7H5Br2N3O3/c1-3(13)11-7-6(12(14)15)5(9)4(8)2-10-7/h2H,1H3,(H,10,11,13). The van der Waals surface area contributed by atoms with E-state index in [1.807, 2.05) is 0 Å². The van der Waals surface area contributed by atoms with Gasteiger partial charge in [0, 0.05) is 13.1 Å². The summed E-state index contributed by atoms with van der Waals surface area (Å²) in [6.07, 6.45) is 1.36. The highest BCUT2D eigenvalue weighted by Crippen LogP contribution is 2.36. The number of carbonyl (C=O) groups is 1. The number of hydrogen-bond acceptors (Lipinski definition) is 4. The van der Waals surface area contributed by atoms with Gasteiger partial charge in [0.05, 0.1) is 9.40 Å². The molecule has 1 N–H and O–H groups in total. The molecule has 0 spiro atoms. The maximum atomic E-state index is 10.8. The molecule has 0 aliphatic heterocycles. The van der Waals surface area contributed by atoms with E-state index in [0.29, 0.717) is 4.47 Å². The second-order valence-electron chi connectivity index (χ2n) is 2.56. The van der Waals surface area contributed by atoms with Gasteiger partial charge in [-0.15, -0.1) is 0 Å². The van der Waals surface area contributed by atoms with E-state index in [4.69, 9.17) is 0 Å². The van der Waals surface area contributed by atoms with Gasteiger partial charge in [-0.1, -0.05) is 0 Å². The molecule has 80 valence electrons. The Morgan fingerprint density at radius 2 is 2.20 bits per heavy atom. The zero-order valence-corrected chi connectivity index (χ0v) is 10.6. The molecule has 1 heterocycles. The molecule has 0 aromatic carbocycles. The Hall–Kier alpha value is -1.02. The predicted molar refractivity (Wildman–Crippen MR) is 60.6 cm³/mol. The van der Waals surface area contributed by atoms with E-state index in [1.54, 1.807) is 0 Å².